The number of carbonyl (C=O) groups is 1. The molecule has 0 saturated heterocycles. The number of anilines is 1. The summed E-state index contributed by atoms with van der Waals surface area (Å²) in [6.07, 6.45) is 1.67. The van der Waals surface area contributed by atoms with Crippen molar-refractivity contribution in [3.8, 4) is 0 Å². The number of sulfonamides is 1. The van der Waals surface area contributed by atoms with Crippen LogP contribution in [0.2, 0.25) is 0 Å². The lowest BCUT2D eigenvalue weighted by Gasteiger charge is -2.21. The largest absolute Gasteiger partial charge is 0.375 e. The maximum absolute atomic E-state index is 12.5. The van der Waals surface area contributed by atoms with Crippen molar-refractivity contribution in [1.29, 1.82) is 0 Å². The lowest BCUT2D eigenvalue weighted by atomic mass is 9.97. The molecule has 0 radical (unpaired) electrons. The van der Waals surface area contributed by atoms with E-state index in [1.54, 1.807) is 24.3 Å². The monoisotopic (exact) mass is 401 g/mol. The van der Waals surface area contributed by atoms with Gasteiger partial charge in [-0.1, -0.05) is 42.0 Å². The third-order valence-corrected chi connectivity index (χ3v) is 5.02. The van der Waals surface area contributed by atoms with Crippen LogP contribution in [0.5, 0.6) is 0 Å². The van der Waals surface area contributed by atoms with E-state index in [1.165, 1.54) is 12.1 Å². The van der Waals surface area contributed by atoms with Gasteiger partial charge in [0.2, 0.25) is 10.0 Å². The zero-order chi connectivity index (χ0) is 20.3. The molecule has 1 heterocycles. The number of nitrogens with one attached hydrogen (secondary N) is 1. The molecule has 0 saturated carbocycles. The van der Waals surface area contributed by atoms with E-state index in [-0.39, 0.29) is 18.6 Å². The molecule has 1 unspecified atom stereocenters. The molecule has 3 rings (SSSR count). The summed E-state index contributed by atoms with van der Waals surface area (Å²) in [5, 5.41) is 6.02. The van der Waals surface area contributed by atoms with Crippen LogP contribution in [0.1, 0.15) is 29.2 Å². The third kappa shape index (κ3) is 4.76. The Balaban J connectivity index is 1.87. The van der Waals surface area contributed by atoms with Gasteiger partial charge in [0.1, 0.15) is 6.61 Å². The second-order valence-corrected chi connectivity index (χ2v) is 8.55. The minimum absolute atomic E-state index is 0.0453. The number of methoxy groups -OCH3 is 1. The first kappa shape index (κ1) is 20.0. The molecule has 0 fully saturated rings. The van der Waals surface area contributed by atoms with Gasteiger partial charge in [-0.25, -0.2) is 13.4 Å². The Morgan fingerprint density at radius 3 is 2.39 bits per heavy atom. The van der Waals surface area contributed by atoms with E-state index in [2.05, 4.69) is 9.82 Å². The van der Waals surface area contributed by atoms with Crippen molar-refractivity contribution in [3.05, 3.63) is 65.2 Å². The first-order valence-corrected chi connectivity index (χ1v) is 10.7. The fraction of sp³-hybridized carbons (Fsp3) is 0.300. The number of aryl methyl sites for hydroxylation is 1. The van der Waals surface area contributed by atoms with Crippen molar-refractivity contribution >= 4 is 27.3 Å². The van der Waals surface area contributed by atoms with Gasteiger partial charge in [-0.2, -0.15) is 5.10 Å². The standard InChI is InChI=1S/C20H23N3O4S/c1-14-4-6-16(7-5-14)19-12-18(21-23(19)20(24)13-27-2)15-8-10-17(11-9-15)22-28(3,25)26/h4-11,19,22H,12-13H2,1-3H3. The minimum Gasteiger partial charge on any atom is -0.375 e. The van der Waals surface area contributed by atoms with Crippen molar-refractivity contribution in [2.45, 2.75) is 19.4 Å². The van der Waals surface area contributed by atoms with Crippen LogP contribution in [0.4, 0.5) is 5.69 Å². The van der Waals surface area contributed by atoms with Crippen LogP contribution in [-0.2, 0) is 19.6 Å². The summed E-state index contributed by atoms with van der Waals surface area (Å²) >= 11 is 0. The van der Waals surface area contributed by atoms with E-state index in [0.717, 1.165) is 28.7 Å². The van der Waals surface area contributed by atoms with E-state index in [4.69, 9.17) is 4.74 Å². The highest BCUT2D eigenvalue weighted by Gasteiger charge is 2.32. The molecule has 0 aliphatic carbocycles. The molecule has 1 amide bonds. The van der Waals surface area contributed by atoms with Gasteiger partial charge < -0.3 is 4.74 Å². The Morgan fingerprint density at radius 2 is 1.82 bits per heavy atom. The number of benzene rings is 2. The van der Waals surface area contributed by atoms with Gasteiger partial charge in [0.05, 0.1) is 18.0 Å². The second-order valence-electron chi connectivity index (χ2n) is 6.80. The molecule has 0 bridgehead atoms. The molecular weight excluding hydrogens is 378 g/mol. The topological polar surface area (TPSA) is 88.1 Å². The highest BCUT2D eigenvalue weighted by Crippen LogP contribution is 2.33. The lowest BCUT2D eigenvalue weighted by molar-refractivity contribution is -0.137. The number of amides is 1. The van der Waals surface area contributed by atoms with Gasteiger partial charge in [0.15, 0.2) is 0 Å². The molecule has 1 aliphatic heterocycles. The van der Waals surface area contributed by atoms with E-state index in [0.29, 0.717) is 12.1 Å². The van der Waals surface area contributed by atoms with Crippen LogP contribution in [0.25, 0.3) is 0 Å². The van der Waals surface area contributed by atoms with E-state index in [9.17, 15) is 13.2 Å². The molecule has 2 aromatic rings. The number of carbonyl (C=O) groups excluding carboxylic acids is 1. The molecule has 28 heavy (non-hydrogen) atoms. The number of hydrogen-bond donors (Lipinski definition) is 1. The molecule has 8 heteroatoms. The van der Waals surface area contributed by atoms with Crippen LogP contribution in [0.15, 0.2) is 53.6 Å². The number of nitrogens with zero attached hydrogens (tertiary/aromatic N) is 2. The lowest BCUT2D eigenvalue weighted by Crippen LogP contribution is -2.30. The van der Waals surface area contributed by atoms with Gasteiger partial charge in [-0.15, -0.1) is 0 Å². The van der Waals surface area contributed by atoms with Crippen LogP contribution in [0, 0.1) is 6.92 Å². The van der Waals surface area contributed by atoms with E-state index >= 15 is 0 Å². The molecule has 0 spiro atoms. The van der Waals surface area contributed by atoms with Crippen molar-refractivity contribution in [2.24, 2.45) is 5.10 Å². The Kier molecular flexibility index (Phi) is 5.81. The van der Waals surface area contributed by atoms with Gasteiger partial charge in [0, 0.05) is 19.2 Å². The Morgan fingerprint density at radius 1 is 1.18 bits per heavy atom. The summed E-state index contributed by atoms with van der Waals surface area (Å²) in [6.45, 7) is 1.97. The number of hydrogen-bond acceptors (Lipinski definition) is 5. The van der Waals surface area contributed by atoms with Crippen LogP contribution >= 0.6 is 0 Å². The van der Waals surface area contributed by atoms with Crippen molar-refractivity contribution in [1.82, 2.24) is 5.01 Å². The molecule has 1 aliphatic rings. The van der Waals surface area contributed by atoms with Crippen molar-refractivity contribution in [2.75, 3.05) is 24.7 Å². The third-order valence-electron chi connectivity index (χ3n) is 4.42. The summed E-state index contributed by atoms with van der Waals surface area (Å²) in [6, 6.07) is 14.8. The highest BCUT2D eigenvalue weighted by atomic mass is 32.2. The summed E-state index contributed by atoms with van der Waals surface area (Å²) in [4.78, 5) is 12.5. The normalized spacial score (nSPS) is 16.8. The molecule has 148 valence electrons. The number of hydrazone groups is 1. The van der Waals surface area contributed by atoms with Crippen LogP contribution in [-0.4, -0.2) is 45.0 Å². The maximum atomic E-state index is 12.5. The average Bonchev–Trinajstić information content (AvgIpc) is 3.07. The molecule has 1 N–H and O–H groups in total. The first-order valence-electron chi connectivity index (χ1n) is 8.80. The first-order chi connectivity index (χ1) is 13.3. The van der Waals surface area contributed by atoms with E-state index < -0.39 is 10.0 Å². The molecule has 0 aromatic heterocycles. The van der Waals surface area contributed by atoms with Gasteiger partial charge >= 0.3 is 0 Å². The summed E-state index contributed by atoms with van der Waals surface area (Å²) in [5.41, 5.74) is 4.23. The molecule has 7 nitrogen and oxygen atoms in total. The Bertz CT molecular complexity index is 983. The zero-order valence-corrected chi connectivity index (χ0v) is 16.9. The zero-order valence-electron chi connectivity index (χ0n) is 16.0. The van der Waals surface area contributed by atoms with E-state index in [1.807, 2.05) is 31.2 Å². The smallest absolute Gasteiger partial charge is 0.269 e. The SMILES string of the molecule is COCC(=O)N1N=C(c2ccc(NS(C)(=O)=O)cc2)CC1c1ccc(C)cc1. The second kappa shape index (κ2) is 8.12. The summed E-state index contributed by atoms with van der Waals surface area (Å²) < 4.78 is 30.1. The fourth-order valence-electron chi connectivity index (χ4n) is 3.10. The Hall–Kier alpha value is -2.71. The predicted molar refractivity (Wildman–Crippen MR) is 109 cm³/mol. The molecule has 2 aromatic carbocycles. The quantitative estimate of drug-likeness (QED) is 0.806. The van der Waals surface area contributed by atoms with Crippen molar-refractivity contribution < 1.29 is 17.9 Å². The summed E-state index contributed by atoms with van der Waals surface area (Å²) in [5.74, 6) is -0.210. The molecule has 1 atom stereocenters. The predicted octanol–water partition coefficient (Wildman–Crippen LogP) is 2.69. The highest BCUT2D eigenvalue weighted by molar-refractivity contribution is 7.92. The van der Waals surface area contributed by atoms with Gasteiger partial charge in [-0.3, -0.25) is 9.52 Å². The molecular formula is C20H23N3O4S. The van der Waals surface area contributed by atoms with Crippen LogP contribution in [0.3, 0.4) is 0 Å². The number of rotatable bonds is 6. The van der Waals surface area contributed by atoms with Gasteiger partial charge in [-0.05, 0) is 30.2 Å². The minimum atomic E-state index is -3.33. The maximum Gasteiger partial charge on any atom is 0.269 e. The fourth-order valence-corrected chi connectivity index (χ4v) is 3.66. The Labute approximate surface area is 165 Å². The average molecular weight is 401 g/mol. The van der Waals surface area contributed by atoms with Gasteiger partial charge in [0.25, 0.3) is 5.91 Å². The van der Waals surface area contributed by atoms with Crippen molar-refractivity contribution in [3.63, 3.8) is 0 Å². The summed E-state index contributed by atoms with van der Waals surface area (Å²) in [7, 11) is -1.85. The van der Waals surface area contributed by atoms with Crippen LogP contribution < -0.4 is 4.72 Å². The number of ether oxygens (including phenoxy) is 1.